The highest BCUT2D eigenvalue weighted by Crippen LogP contribution is 2.21. The largest absolute Gasteiger partial charge is 0.389 e. The summed E-state index contributed by atoms with van der Waals surface area (Å²) < 4.78 is 36.0. The molecule has 0 radical (unpaired) electrons. The Morgan fingerprint density at radius 1 is 1.33 bits per heavy atom. The molecule has 4 nitrogen and oxygen atoms in total. The fraction of sp³-hybridized carbons (Fsp3) is 0.538. The molecule has 0 aliphatic heterocycles. The number of amides is 1. The van der Waals surface area contributed by atoms with E-state index in [-0.39, 0.29) is 23.7 Å². The predicted molar refractivity (Wildman–Crippen MR) is 75.6 cm³/mol. The number of hydrogen-bond donors (Lipinski definition) is 2. The van der Waals surface area contributed by atoms with Crippen molar-refractivity contribution in [2.24, 2.45) is 0 Å². The van der Waals surface area contributed by atoms with Gasteiger partial charge in [-0.05, 0) is 25.0 Å². The maximum atomic E-state index is 12.0. The average Bonchev–Trinajstić information content (AvgIpc) is 2.41. The van der Waals surface area contributed by atoms with Crippen molar-refractivity contribution in [1.29, 1.82) is 0 Å². The van der Waals surface area contributed by atoms with Gasteiger partial charge in [0.1, 0.15) is 11.5 Å². The van der Waals surface area contributed by atoms with Crippen LogP contribution >= 0.6 is 11.6 Å². The zero-order valence-electron chi connectivity index (χ0n) is 11.6. The minimum atomic E-state index is -4.22. The first-order valence-electron chi connectivity index (χ1n) is 6.59. The Balaban J connectivity index is 2.56. The van der Waals surface area contributed by atoms with Crippen LogP contribution in [-0.4, -0.2) is 30.2 Å². The Hall–Kier alpha value is -1.50. The lowest BCUT2D eigenvalue weighted by Gasteiger charge is -2.10. The number of nitrogens with zero attached hydrogens (tertiary/aromatic N) is 1. The Kier molecular flexibility index (Phi) is 6.74. The van der Waals surface area contributed by atoms with E-state index in [0.717, 1.165) is 6.42 Å². The number of nitrogens with one attached hydrogen (secondary N) is 2. The lowest BCUT2D eigenvalue weighted by molar-refractivity contribution is -0.135. The van der Waals surface area contributed by atoms with Crippen LogP contribution in [0.25, 0.3) is 0 Å². The minimum Gasteiger partial charge on any atom is -0.370 e. The number of rotatable bonds is 7. The first-order chi connectivity index (χ1) is 9.83. The molecule has 0 saturated carbocycles. The number of pyridine rings is 1. The maximum Gasteiger partial charge on any atom is 0.389 e. The van der Waals surface area contributed by atoms with Crippen molar-refractivity contribution < 1.29 is 18.0 Å². The number of hydrogen-bond acceptors (Lipinski definition) is 3. The van der Waals surface area contributed by atoms with E-state index in [2.05, 4.69) is 15.6 Å². The molecule has 1 aromatic heterocycles. The van der Waals surface area contributed by atoms with Crippen LogP contribution in [0.5, 0.6) is 0 Å². The molecule has 118 valence electrons. The van der Waals surface area contributed by atoms with Gasteiger partial charge in [0, 0.05) is 19.5 Å². The van der Waals surface area contributed by atoms with Gasteiger partial charge in [0.2, 0.25) is 0 Å². The second-order valence-corrected chi connectivity index (χ2v) is 4.84. The summed E-state index contributed by atoms with van der Waals surface area (Å²) in [7, 11) is 0. The van der Waals surface area contributed by atoms with E-state index in [9.17, 15) is 18.0 Å². The van der Waals surface area contributed by atoms with E-state index in [1.54, 1.807) is 6.07 Å². The van der Waals surface area contributed by atoms with E-state index in [1.807, 2.05) is 6.92 Å². The lowest BCUT2D eigenvalue weighted by atomic mass is 10.3. The molecule has 2 N–H and O–H groups in total. The highest BCUT2D eigenvalue weighted by Gasteiger charge is 2.26. The lowest BCUT2D eigenvalue weighted by Crippen LogP contribution is -2.27. The summed E-state index contributed by atoms with van der Waals surface area (Å²) in [6.45, 7) is 2.60. The first kappa shape index (κ1) is 17.6. The second kappa shape index (κ2) is 8.07. The summed E-state index contributed by atoms with van der Waals surface area (Å²) in [5.41, 5.74) is 0.00442. The van der Waals surface area contributed by atoms with Crippen LogP contribution in [0.15, 0.2) is 12.1 Å². The smallest absolute Gasteiger partial charge is 0.370 e. The van der Waals surface area contributed by atoms with Gasteiger partial charge < -0.3 is 10.6 Å². The van der Waals surface area contributed by atoms with Gasteiger partial charge in [0.15, 0.2) is 0 Å². The van der Waals surface area contributed by atoms with Crippen LogP contribution in [0, 0.1) is 0 Å². The number of carbonyl (C=O) groups excluding carboxylic acids is 1. The monoisotopic (exact) mass is 323 g/mol. The Morgan fingerprint density at radius 2 is 2.05 bits per heavy atom. The molecule has 0 aliphatic rings. The van der Waals surface area contributed by atoms with Crippen LogP contribution in [0.3, 0.4) is 0 Å². The van der Waals surface area contributed by atoms with Crippen molar-refractivity contribution in [3.05, 3.63) is 22.8 Å². The van der Waals surface area contributed by atoms with Crippen molar-refractivity contribution >= 4 is 23.3 Å². The van der Waals surface area contributed by atoms with Crippen molar-refractivity contribution in [3.63, 3.8) is 0 Å². The molecule has 21 heavy (non-hydrogen) atoms. The van der Waals surface area contributed by atoms with Gasteiger partial charge in [-0.25, -0.2) is 4.98 Å². The van der Waals surface area contributed by atoms with Gasteiger partial charge in [-0.3, -0.25) is 4.79 Å². The SMILES string of the molecule is CCCNc1ccc(Cl)c(C(=O)NCCCC(F)(F)F)n1. The van der Waals surface area contributed by atoms with Crippen molar-refractivity contribution in [1.82, 2.24) is 10.3 Å². The van der Waals surface area contributed by atoms with Crippen molar-refractivity contribution in [2.45, 2.75) is 32.4 Å². The van der Waals surface area contributed by atoms with E-state index in [1.165, 1.54) is 6.07 Å². The van der Waals surface area contributed by atoms with Crippen molar-refractivity contribution in [3.8, 4) is 0 Å². The molecule has 1 aromatic rings. The molecule has 0 bridgehead atoms. The fourth-order valence-corrected chi connectivity index (χ4v) is 1.72. The molecule has 0 saturated heterocycles. The average molecular weight is 324 g/mol. The van der Waals surface area contributed by atoms with Gasteiger partial charge in [-0.1, -0.05) is 18.5 Å². The fourth-order valence-electron chi connectivity index (χ4n) is 1.53. The van der Waals surface area contributed by atoms with Crippen LogP contribution in [0.4, 0.5) is 19.0 Å². The molecule has 1 heterocycles. The third kappa shape index (κ3) is 6.66. The molecule has 0 fully saturated rings. The normalized spacial score (nSPS) is 11.3. The third-order valence-electron chi connectivity index (χ3n) is 2.54. The number of anilines is 1. The molecule has 0 unspecified atom stereocenters. The molecular weight excluding hydrogens is 307 g/mol. The molecular formula is C13H17ClF3N3O. The summed E-state index contributed by atoms with van der Waals surface area (Å²) in [6.07, 6.45) is -4.44. The zero-order chi connectivity index (χ0) is 15.9. The van der Waals surface area contributed by atoms with Gasteiger partial charge in [0.05, 0.1) is 5.02 Å². The zero-order valence-corrected chi connectivity index (χ0v) is 12.3. The van der Waals surface area contributed by atoms with Gasteiger partial charge in [0.25, 0.3) is 5.91 Å². The Labute approximate surface area is 126 Å². The number of aromatic nitrogens is 1. The molecule has 0 aliphatic carbocycles. The molecule has 0 aromatic carbocycles. The van der Waals surface area contributed by atoms with E-state index in [4.69, 9.17) is 11.6 Å². The standard InChI is InChI=1S/C13H17ClF3N3O/c1-2-7-18-10-5-4-9(14)11(20-10)12(21)19-8-3-6-13(15,16)17/h4-5H,2-3,6-8H2,1H3,(H,18,20)(H,19,21). The number of halogens is 4. The molecule has 0 atom stereocenters. The Morgan fingerprint density at radius 3 is 2.67 bits per heavy atom. The van der Waals surface area contributed by atoms with Crippen LogP contribution < -0.4 is 10.6 Å². The molecule has 1 rings (SSSR count). The summed E-state index contributed by atoms with van der Waals surface area (Å²) in [6, 6.07) is 3.16. The van der Waals surface area contributed by atoms with Crippen molar-refractivity contribution in [2.75, 3.05) is 18.4 Å². The molecule has 8 heteroatoms. The second-order valence-electron chi connectivity index (χ2n) is 4.43. The van der Waals surface area contributed by atoms with E-state index < -0.39 is 18.5 Å². The summed E-state index contributed by atoms with van der Waals surface area (Å²) in [5, 5.41) is 5.55. The van der Waals surface area contributed by atoms with Crippen LogP contribution in [-0.2, 0) is 0 Å². The van der Waals surface area contributed by atoms with E-state index >= 15 is 0 Å². The van der Waals surface area contributed by atoms with Gasteiger partial charge >= 0.3 is 6.18 Å². The Bertz CT molecular complexity index is 480. The third-order valence-corrected chi connectivity index (χ3v) is 2.84. The molecule has 1 amide bonds. The summed E-state index contributed by atoms with van der Waals surface area (Å²) >= 11 is 5.88. The van der Waals surface area contributed by atoms with Crippen LogP contribution in [0.2, 0.25) is 5.02 Å². The first-order valence-corrected chi connectivity index (χ1v) is 6.96. The van der Waals surface area contributed by atoms with Gasteiger partial charge in [-0.15, -0.1) is 0 Å². The topological polar surface area (TPSA) is 54.0 Å². The number of alkyl halides is 3. The maximum absolute atomic E-state index is 12.0. The molecule has 0 spiro atoms. The predicted octanol–water partition coefficient (Wildman–Crippen LogP) is 3.63. The van der Waals surface area contributed by atoms with E-state index in [0.29, 0.717) is 12.4 Å². The summed E-state index contributed by atoms with van der Waals surface area (Å²) in [4.78, 5) is 15.9. The van der Waals surface area contributed by atoms with Gasteiger partial charge in [-0.2, -0.15) is 13.2 Å². The summed E-state index contributed by atoms with van der Waals surface area (Å²) in [5.74, 6) is -0.0796. The number of carbonyl (C=O) groups is 1. The minimum absolute atomic E-state index is 0.00442. The van der Waals surface area contributed by atoms with Crippen LogP contribution in [0.1, 0.15) is 36.7 Å². The quantitative estimate of drug-likeness (QED) is 0.753. The highest BCUT2D eigenvalue weighted by molar-refractivity contribution is 6.33. The highest BCUT2D eigenvalue weighted by atomic mass is 35.5.